The lowest BCUT2D eigenvalue weighted by atomic mass is 10.1. The molecule has 2 rings (SSSR count). The second-order valence-electron chi connectivity index (χ2n) is 4.38. The van der Waals surface area contributed by atoms with Crippen LogP contribution >= 0.6 is 31.9 Å². The number of aliphatic hydroxyl groups is 2. The number of hydrogen-bond acceptors (Lipinski definition) is 4. The Morgan fingerprint density at radius 2 is 1.79 bits per heavy atom. The quantitative estimate of drug-likeness (QED) is 0.772. The summed E-state index contributed by atoms with van der Waals surface area (Å²) in [6.07, 6.45) is 1.42. The van der Waals surface area contributed by atoms with Crippen molar-refractivity contribution in [1.29, 1.82) is 0 Å². The maximum Gasteiger partial charge on any atom is 0.116 e. The summed E-state index contributed by atoms with van der Waals surface area (Å²) in [5, 5.41) is 28.9. The smallest absolute Gasteiger partial charge is 0.116 e. The van der Waals surface area contributed by atoms with Gasteiger partial charge >= 0.3 is 0 Å². The van der Waals surface area contributed by atoms with Crippen molar-refractivity contribution in [2.24, 2.45) is 10.3 Å². The van der Waals surface area contributed by atoms with Crippen molar-refractivity contribution in [3.8, 4) is 0 Å². The number of rotatable bonds is 4. The van der Waals surface area contributed by atoms with Crippen LogP contribution in [0.3, 0.4) is 0 Å². The minimum absolute atomic E-state index is 0.312. The largest absolute Gasteiger partial charge is 0.393 e. The van der Waals surface area contributed by atoms with E-state index < -0.39 is 6.10 Å². The van der Waals surface area contributed by atoms with Gasteiger partial charge in [0, 0.05) is 22.0 Å². The Balaban J connectivity index is 2.21. The van der Waals surface area contributed by atoms with E-state index in [0.717, 1.165) is 34.9 Å². The van der Waals surface area contributed by atoms with Gasteiger partial charge in [-0.2, -0.15) is 0 Å². The standard InChI is InChI=1S/C12H15Br2N3O2/c13-9-5-8(11(19)7-18)6-10(14)12(9)15-16-17-3-1-2-4-17/h5-6,11,18-19H,1-4,7H2/t11-/m1/s1. The lowest BCUT2D eigenvalue weighted by molar-refractivity contribution is 0.0955. The molecule has 1 aromatic rings. The summed E-state index contributed by atoms with van der Waals surface area (Å²) in [5.74, 6) is 0. The third-order valence-electron chi connectivity index (χ3n) is 2.95. The number of nitrogens with zero attached hydrogens (tertiary/aromatic N) is 3. The normalized spacial score (nSPS) is 17.4. The van der Waals surface area contributed by atoms with Gasteiger partial charge in [-0.05, 0) is 62.4 Å². The Labute approximate surface area is 128 Å². The molecule has 0 aromatic heterocycles. The van der Waals surface area contributed by atoms with Crippen LogP contribution in [0.4, 0.5) is 5.69 Å². The minimum atomic E-state index is -0.892. The summed E-state index contributed by atoms with van der Waals surface area (Å²) in [6, 6.07) is 3.48. The van der Waals surface area contributed by atoms with E-state index in [1.165, 1.54) is 0 Å². The zero-order valence-electron chi connectivity index (χ0n) is 10.3. The predicted molar refractivity (Wildman–Crippen MR) is 79.2 cm³/mol. The lowest BCUT2D eigenvalue weighted by Gasteiger charge is -2.11. The molecule has 1 fully saturated rings. The van der Waals surface area contributed by atoms with E-state index in [1.807, 2.05) is 5.01 Å². The highest BCUT2D eigenvalue weighted by molar-refractivity contribution is 9.11. The van der Waals surface area contributed by atoms with Crippen molar-refractivity contribution in [1.82, 2.24) is 5.01 Å². The molecule has 1 aromatic carbocycles. The molecule has 0 amide bonds. The molecule has 0 bridgehead atoms. The molecule has 0 unspecified atom stereocenters. The van der Waals surface area contributed by atoms with Gasteiger partial charge in [0.05, 0.1) is 6.61 Å². The Hall–Kier alpha value is -0.500. The fraction of sp³-hybridized carbons (Fsp3) is 0.500. The lowest BCUT2D eigenvalue weighted by Crippen LogP contribution is -2.09. The number of halogens is 2. The van der Waals surface area contributed by atoms with Gasteiger partial charge in [0.25, 0.3) is 0 Å². The van der Waals surface area contributed by atoms with Gasteiger partial charge in [-0.25, -0.2) is 0 Å². The molecule has 1 saturated heterocycles. The highest BCUT2D eigenvalue weighted by Crippen LogP contribution is 2.36. The number of aliphatic hydroxyl groups excluding tert-OH is 2. The second kappa shape index (κ2) is 6.78. The average molecular weight is 393 g/mol. The van der Waals surface area contributed by atoms with Gasteiger partial charge in [-0.1, -0.05) is 5.22 Å². The maximum absolute atomic E-state index is 9.62. The zero-order valence-corrected chi connectivity index (χ0v) is 13.4. The van der Waals surface area contributed by atoms with E-state index in [9.17, 15) is 5.11 Å². The third-order valence-corrected chi connectivity index (χ3v) is 4.16. The van der Waals surface area contributed by atoms with Crippen molar-refractivity contribution in [3.05, 3.63) is 26.6 Å². The average Bonchev–Trinajstić information content (AvgIpc) is 2.89. The summed E-state index contributed by atoms with van der Waals surface area (Å²) in [6.45, 7) is 1.58. The van der Waals surface area contributed by atoms with Gasteiger partial charge in [0.15, 0.2) is 0 Å². The molecule has 7 heteroatoms. The van der Waals surface area contributed by atoms with Crippen LogP contribution in [-0.4, -0.2) is 34.9 Å². The fourth-order valence-electron chi connectivity index (χ4n) is 1.88. The second-order valence-corrected chi connectivity index (χ2v) is 6.09. The van der Waals surface area contributed by atoms with Crippen LogP contribution in [0.25, 0.3) is 0 Å². The first-order valence-corrected chi connectivity index (χ1v) is 7.65. The van der Waals surface area contributed by atoms with Crippen molar-refractivity contribution >= 4 is 37.5 Å². The summed E-state index contributed by atoms with van der Waals surface area (Å²) in [5.41, 5.74) is 1.31. The Kier molecular flexibility index (Phi) is 5.32. The van der Waals surface area contributed by atoms with Crippen molar-refractivity contribution in [3.63, 3.8) is 0 Å². The SMILES string of the molecule is OC[C@@H](O)c1cc(Br)c(N=NN2CCCC2)c(Br)c1. The summed E-state index contributed by atoms with van der Waals surface area (Å²) < 4.78 is 1.46. The van der Waals surface area contributed by atoms with Crippen LogP contribution in [-0.2, 0) is 0 Å². The molecule has 2 N–H and O–H groups in total. The van der Waals surface area contributed by atoms with Crippen molar-refractivity contribution in [2.75, 3.05) is 19.7 Å². The van der Waals surface area contributed by atoms with Crippen LogP contribution < -0.4 is 0 Å². The molecule has 1 heterocycles. The van der Waals surface area contributed by atoms with Crippen molar-refractivity contribution in [2.45, 2.75) is 18.9 Å². The molecule has 19 heavy (non-hydrogen) atoms. The summed E-state index contributed by atoms with van der Waals surface area (Å²) >= 11 is 6.82. The van der Waals surface area contributed by atoms with E-state index in [4.69, 9.17) is 5.11 Å². The molecule has 0 spiro atoms. The molecule has 0 saturated carbocycles. The molecular weight excluding hydrogens is 378 g/mol. The first-order valence-electron chi connectivity index (χ1n) is 6.06. The van der Waals surface area contributed by atoms with Gasteiger partial charge < -0.3 is 10.2 Å². The topological polar surface area (TPSA) is 68.4 Å². The Morgan fingerprint density at radius 1 is 1.21 bits per heavy atom. The van der Waals surface area contributed by atoms with E-state index in [1.54, 1.807) is 12.1 Å². The highest BCUT2D eigenvalue weighted by Gasteiger charge is 2.13. The first kappa shape index (κ1) is 14.9. The Morgan fingerprint density at radius 3 is 2.32 bits per heavy atom. The van der Waals surface area contributed by atoms with Gasteiger partial charge in [-0.3, -0.25) is 5.01 Å². The fourth-order valence-corrected chi connectivity index (χ4v) is 3.26. The Bertz CT molecular complexity index is 453. The number of hydrogen-bond donors (Lipinski definition) is 2. The van der Waals surface area contributed by atoms with Crippen molar-refractivity contribution < 1.29 is 10.2 Å². The molecule has 104 valence electrons. The molecule has 0 radical (unpaired) electrons. The van der Waals surface area contributed by atoms with E-state index >= 15 is 0 Å². The molecule has 1 aliphatic rings. The van der Waals surface area contributed by atoms with E-state index in [-0.39, 0.29) is 6.61 Å². The van der Waals surface area contributed by atoms with E-state index in [0.29, 0.717) is 11.3 Å². The third kappa shape index (κ3) is 3.75. The molecule has 5 nitrogen and oxygen atoms in total. The predicted octanol–water partition coefficient (Wildman–Crippen LogP) is 3.33. The summed E-state index contributed by atoms with van der Waals surface area (Å²) in [4.78, 5) is 0. The van der Waals surface area contributed by atoms with Crippen LogP contribution in [0.1, 0.15) is 24.5 Å². The molecule has 1 aliphatic heterocycles. The van der Waals surface area contributed by atoms with Gasteiger partial charge in [0.2, 0.25) is 0 Å². The monoisotopic (exact) mass is 391 g/mol. The molecular formula is C12H15Br2N3O2. The first-order chi connectivity index (χ1) is 9.11. The zero-order chi connectivity index (χ0) is 13.8. The molecule has 1 atom stereocenters. The van der Waals surface area contributed by atoms with Gasteiger partial charge in [0.1, 0.15) is 11.8 Å². The van der Waals surface area contributed by atoms with E-state index in [2.05, 4.69) is 42.2 Å². The maximum atomic E-state index is 9.62. The van der Waals surface area contributed by atoms with Crippen LogP contribution in [0, 0.1) is 0 Å². The minimum Gasteiger partial charge on any atom is -0.393 e. The van der Waals surface area contributed by atoms with Crippen LogP contribution in [0.2, 0.25) is 0 Å². The number of benzene rings is 1. The highest BCUT2D eigenvalue weighted by atomic mass is 79.9. The van der Waals surface area contributed by atoms with Gasteiger partial charge in [-0.15, -0.1) is 5.11 Å². The molecule has 0 aliphatic carbocycles. The summed E-state index contributed by atoms with van der Waals surface area (Å²) in [7, 11) is 0. The van der Waals surface area contributed by atoms with Crippen LogP contribution in [0.5, 0.6) is 0 Å². The van der Waals surface area contributed by atoms with Crippen LogP contribution in [0.15, 0.2) is 31.4 Å².